The summed E-state index contributed by atoms with van der Waals surface area (Å²) < 4.78 is 71.4. The van der Waals surface area contributed by atoms with Gasteiger partial charge in [0.2, 0.25) is 11.1 Å². The number of nitrogens with two attached hydrogens (primary N) is 1. The monoisotopic (exact) mass is 1120 g/mol. The Morgan fingerprint density at radius 1 is 0.646 bits per heavy atom. The van der Waals surface area contributed by atoms with E-state index in [-0.39, 0.29) is 72.9 Å². The van der Waals surface area contributed by atoms with Crippen LogP contribution < -0.4 is 42.1 Å². The second-order valence-corrected chi connectivity index (χ2v) is 19.9. The van der Waals surface area contributed by atoms with Crippen molar-refractivity contribution in [2.45, 2.75) is 84.0 Å². The smallest absolute Gasteiger partial charge is 0.328 e. The number of benzene rings is 4. The SMILES string of the molecule is Cc1ccc(C(=O)NC(C)C)cc1-c1nc(NC(CO)CO)nc2c1CNC(=O)N2c1c(F)cccc1F.Cc1ccc(C(=O)NC(C)C)cc1-c1nc(S(C)=O)nc2c1CNC(=O)N2c1c(F)cccc1F.NC(CO)CO. The zero-order valence-corrected chi connectivity index (χ0v) is 44.8. The molecular weight excluding hydrogens is 1060 g/mol. The summed E-state index contributed by atoms with van der Waals surface area (Å²) in [5.41, 5.74) is 8.36. The van der Waals surface area contributed by atoms with Gasteiger partial charge in [-0.1, -0.05) is 24.3 Å². The highest BCUT2D eigenvalue weighted by Gasteiger charge is 2.36. The van der Waals surface area contributed by atoms with Crippen molar-refractivity contribution < 1.29 is 61.4 Å². The number of aromatic nitrogens is 4. The third-order valence-corrected chi connectivity index (χ3v) is 12.5. The molecule has 2 aromatic heterocycles. The lowest BCUT2D eigenvalue weighted by Gasteiger charge is -2.31. The summed E-state index contributed by atoms with van der Waals surface area (Å²) in [4.78, 5) is 70.3. The van der Waals surface area contributed by atoms with Gasteiger partial charge in [-0.25, -0.2) is 51.9 Å². The van der Waals surface area contributed by atoms with Gasteiger partial charge in [0, 0.05) is 51.7 Å². The number of nitrogens with zero attached hydrogens (tertiary/aromatic N) is 6. The number of amides is 6. The van der Waals surface area contributed by atoms with Crippen LogP contribution in [0.15, 0.2) is 78.0 Å². The van der Waals surface area contributed by atoms with E-state index in [1.165, 1.54) is 18.4 Å². The molecule has 0 bridgehead atoms. The maximum absolute atomic E-state index is 14.8. The van der Waals surface area contributed by atoms with Crippen LogP contribution >= 0.6 is 0 Å². The highest BCUT2D eigenvalue weighted by molar-refractivity contribution is 7.84. The van der Waals surface area contributed by atoms with E-state index in [4.69, 9.17) is 15.9 Å². The van der Waals surface area contributed by atoms with Crippen LogP contribution in [0.25, 0.3) is 22.5 Å². The Kier molecular flexibility index (Phi) is 20.2. The van der Waals surface area contributed by atoms with E-state index < -0.39 is 82.8 Å². The number of anilines is 5. The average Bonchev–Trinajstić information content (AvgIpc) is 3.48. The van der Waals surface area contributed by atoms with E-state index in [1.807, 2.05) is 34.6 Å². The largest absolute Gasteiger partial charge is 0.395 e. The summed E-state index contributed by atoms with van der Waals surface area (Å²) in [6.07, 6.45) is 1.36. The van der Waals surface area contributed by atoms with Gasteiger partial charge in [-0.2, -0.15) is 4.98 Å². The molecule has 21 nitrogen and oxygen atoms in total. The van der Waals surface area contributed by atoms with Crippen molar-refractivity contribution in [2.24, 2.45) is 5.73 Å². The van der Waals surface area contributed by atoms with Gasteiger partial charge in [0.05, 0.1) is 73.8 Å². The molecule has 26 heteroatoms. The van der Waals surface area contributed by atoms with Crippen LogP contribution in [0, 0.1) is 37.1 Å². The zero-order valence-electron chi connectivity index (χ0n) is 44.0. The van der Waals surface area contributed by atoms with E-state index >= 15 is 0 Å². The summed E-state index contributed by atoms with van der Waals surface area (Å²) in [5.74, 6) is -4.73. The summed E-state index contributed by atoms with van der Waals surface area (Å²) in [5, 5.41) is 48.8. The van der Waals surface area contributed by atoms with Gasteiger partial charge in [0.1, 0.15) is 34.6 Å². The molecule has 79 heavy (non-hydrogen) atoms. The second-order valence-electron chi connectivity index (χ2n) is 18.6. The minimum Gasteiger partial charge on any atom is -0.395 e. The number of carbonyl (C=O) groups excluding carboxylic acids is 4. The first-order valence-electron chi connectivity index (χ1n) is 24.5. The van der Waals surface area contributed by atoms with E-state index in [0.29, 0.717) is 44.8 Å². The fraction of sp³-hybridized carbons (Fsp3) is 0.321. The third kappa shape index (κ3) is 14.0. The highest BCUT2D eigenvalue weighted by Crippen LogP contribution is 2.41. The molecule has 0 fully saturated rings. The maximum Gasteiger partial charge on any atom is 0.328 e. The lowest BCUT2D eigenvalue weighted by Crippen LogP contribution is -2.43. The number of hydrogen-bond donors (Lipinski definition) is 10. The molecule has 4 aromatic carbocycles. The van der Waals surface area contributed by atoms with E-state index in [1.54, 1.807) is 43.3 Å². The highest BCUT2D eigenvalue weighted by atomic mass is 32.2. The Labute approximate surface area is 454 Å². The average molecular weight is 1120 g/mol. The Morgan fingerprint density at radius 2 is 1.05 bits per heavy atom. The molecule has 1 atom stereocenters. The van der Waals surface area contributed by atoms with Crippen molar-refractivity contribution in [3.05, 3.63) is 129 Å². The van der Waals surface area contributed by atoms with Crippen LogP contribution in [0.4, 0.5) is 56.1 Å². The van der Waals surface area contributed by atoms with Gasteiger partial charge in [-0.05, 0) is 101 Å². The number of fused-ring (bicyclic) bond motifs is 2. The molecule has 6 amide bonds. The van der Waals surface area contributed by atoms with Gasteiger partial charge < -0.3 is 52.7 Å². The van der Waals surface area contributed by atoms with Crippen LogP contribution in [0.1, 0.15) is 70.7 Å². The Hall–Kier alpha value is -8.01. The third-order valence-electron chi connectivity index (χ3n) is 11.8. The van der Waals surface area contributed by atoms with Gasteiger partial charge in [0.15, 0.2) is 11.6 Å². The number of aliphatic hydroxyl groups excluding tert-OH is 4. The molecular formula is C53H60F4N12O9S. The normalized spacial score (nSPS) is 13.2. The zero-order chi connectivity index (χ0) is 58.0. The first kappa shape index (κ1) is 60.2. The van der Waals surface area contributed by atoms with E-state index in [0.717, 1.165) is 45.2 Å². The number of rotatable bonds is 15. The number of para-hydroxylation sites is 2. The van der Waals surface area contributed by atoms with Crippen LogP contribution in [0.3, 0.4) is 0 Å². The molecule has 420 valence electrons. The predicted octanol–water partition coefficient (Wildman–Crippen LogP) is 5.26. The van der Waals surface area contributed by atoms with Crippen molar-refractivity contribution in [2.75, 3.05) is 47.8 Å². The molecule has 0 radical (unpaired) electrons. The summed E-state index contributed by atoms with van der Waals surface area (Å²) >= 11 is 0. The number of nitrogens with one attached hydrogen (secondary N) is 5. The van der Waals surface area contributed by atoms with Crippen molar-refractivity contribution in [3.63, 3.8) is 0 Å². The Bertz CT molecular complexity index is 3240. The molecule has 0 saturated heterocycles. The standard InChI is InChI=1S/C26H28F2N6O4.C24H23F2N5O3S.C3H9NO2/c1-13(2)30-24(37)15-8-7-14(3)17(9-15)21-18-10-29-26(38)34(22-19(27)5-4-6-20(22)28)23(18)33-25(32-21)31-16(11-35)12-36;1-12(2)28-22(32)14-9-8-13(3)15(10-14)19-16-11-27-24(33)31(20-17(25)6-5-7-18(20)26)21(16)30-23(29-19)35(4)34;4-3(1-5)2-6/h4-9,13,16,35-36H,10-12H2,1-3H3,(H,29,38)(H,30,37)(H,31,32,33);5-10,12H,11H2,1-4H3,(H,27,33)(H,28,32);3,5-6H,1-2,4H2. The Balaban J connectivity index is 0.000000232. The van der Waals surface area contributed by atoms with Crippen molar-refractivity contribution >= 4 is 63.6 Å². The summed E-state index contributed by atoms with van der Waals surface area (Å²) in [6, 6.07) is 13.5. The molecule has 1 unspecified atom stereocenters. The number of urea groups is 2. The topological polar surface area (TPSA) is 310 Å². The second kappa shape index (κ2) is 26.6. The molecule has 6 aromatic rings. The minimum absolute atomic E-state index is 0.0332. The maximum atomic E-state index is 14.8. The molecule has 0 spiro atoms. The van der Waals surface area contributed by atoms with Crippen LogP contribution in [-0.2, 0) is 23.9 Å². The summed E-state index contributed by atoms with van der Waals surface area (Å²) in [7, 11) is -1.68. The van der Waals surface area contributed by atoms with Gasteiger partial charge >= 0.3 is 12.1 Å². The van der Waals surface area contributed by atoms with Crippen LogP contribution in [0.2, 0.25) is 0 Å². The van der Waals surface area contributed by atoms with Crippen LogP contribution in [-0.4, -0.2) is 125 Å². The van der Waals surface area contributed by atoms with Gasteiger partial charge in [0.25, 0.3) is 11.8 Å². The van der Waals surface area contributed by atoms with Crippen molar-refractivity contribution in [1.82, 2.24) is 41.2 Å². The molecule has 8 rings (SSSR count). The minimum atomic E-state index is -1.68. The van der Waals surface area contributed by atoms with Crippen LogP contribution in [0.5, 0.6) is 0 Å². The lowest BCUT2D eigenvalue weighted by molar-refractivity contribution is 0.0934. The molecule has 0 aliphatic carbocycles. The lowest BCUT2D eigenvalue weighted by atomic mass is 9.97. The molecule has 0 saturated carbocycles. The molecule has 2 aliphatic heterocycles. The quantitative estimate of drug-likeness (QED) is 0.0463. The number of halogens is 4. The fourth-order valence-corrected chi connectivity index (χ4v) is 8.31. The van der Waals surface area contributed by atoms with Crippen molar-refractivity contribution in [1.29, 1.82) is 0 Å². The van der Waals surface area contributed by atoms with Gasteiger partial charge in [-0.15, -0.1) is 0 Å². The first-order valence-corrected chi connectivity index (χ1v) is 26.1. The van der Waals surface area contributed by atoms with Gasteiger partial charge in [-0.3, -0.25) is 13.8 Å². The Morgan fingerprint density at radius 3 is 1.42 bits per heavy atom. The molecule has 4 heterocycles. The summed E-state index contributed by atoms with van der Waals surface area (Å²) in [6.45, 7) is 9.69. The van der Waals surface area contributed by atoms with E-state index in [9.17, 15) is 51.2 Å². The van der Waals surface area contributed by atoms with Crippen molar-refractivity contribution in [3.8, 4) is 22.5 Å². The predicted molar refractivity (Wildman–Crippen MR) is 287 cm³/mol. The number of aliphatic hydroxyl groups is 4. The number of hydrogen-bond acceptors (Lipinski definition) is 15. The first-order chi connectivity index (χ1) is 37.5. The fourth-order valence-electron chi connectivity index (χ4n) is 7.87. The molecule has 2 aliphatic rings. The number of aryl methyl sites for hydroxylation is 2. The molecule has 11 N–H and O–H groups in total. The number of carbonyl (C=O) groups is 4. The van der Waals surface area contributed by atoms with E-state index in [2.05, 4.69) is 46.5 Å².